The van der Waals surface area contributed by atoms with Crippen LogP contribution in [0.25, 0.3) is 11.1 Å². The normalized spacial score (nSPS) is 17.5. The van der Waals surface area contributed by atoms with Crippen molar-refractivity contribution in [3.63, 3.8) is 0 Å². The minimum atomic E-state index is -0.993. The molecule has 0 spiro atoms. The number of hydrogen-bond acceptors (Lipinski definition) is 3. The highest BCUT2D eigenvalue weighted by Gasteiger charge is 2.24. The SMILES string of the molecule is Cc1nn(C)c(C(=O)O)c1-c1ccc(C2CNC(=O)C2)cc1. The second-order valence-corrected chi connectivity index (χ2v) is 5.56. The lowest BCUT2D eigenvalue weighted by Crippen LogP contribution is -2.13. The predicted molar refractivity (Wildman–Crippen MR) is 80.7 cm³/mol. The molecule has 1 aromatic heterocycles. The molecule has 1 aliphatic heterocycles. The molecule has 1 amide bonds. The van der Waals surface area contributed by atoms with Gasteiger partial charge >= 0.3 is 5.97 Å². The molecule has 6 nitrogen and oxygen atoms in total. The summed E-state index contributed by atoms with van der Waals surface area (Å²) in [7, 11) is 1.63. The summed E-state index contributed by atoms with van der Waals surface area (Å²) in [4.78, 5) is 22.7. The van der Waals surface area contributed by atoms with E-state index in [4.69, 9.17) is 0 Å². The molecule has 6 heteroatoms. The Labute approximate surface area is 127 Å². The topological polar surface area (TPSA) is 84.2 Å². The number of carboxylic acids is 1. The van der Waals surface area contributed by atoms with Crippen molar-refractivity contribution in [2.24, 2.45) is 7.05 Å². The van der Waals surface area contributed by atoms with Crippen LogP contribution in [0.15, 0.2) is 24.3 Å². The number of hydrogen-bond donors (Lipinski definition) is 2. The number of aromatic carboxylic acids is 1. The number of carboxylic acid groups (broad SMARTS) is 1. The van der Waals surface area contributed by atoms with Crippen LogP contribution >= 0.6 is 0 Å². The predicted octanol–water partition coefficient (Wildman–Crippen LogP) is 1.70. The van der Waals surface area contributed by atoms with E-state index < -0.39 is 5.97 Å². The smallest absolute Gasteiger partial charge is 0.354 e. The van der Waals surface area contributed by atoms with Crippen molar-refractivity contribution < 1.29 is 14.7 Å². The first kappa shape index (κ1) is 14.3. The maximum Gasteiger partial charge on any atom is 0.354 e. The number of benzene rings is 1. The van der Waals surface area contributed by atoms with Gasteiger partial charge in [-0.25, -0.2) is 4.79 Å². The number of nitrogens with one attached hydrogen (secondary N) is 1. The molecule has 1 unspecified atom stereocenters. The molecule has 0 aliphatic carbocycles. The van der Waals surface area contributed by atoms with Crippen LogP contribution in [0, 0.1) is 6.92 Å². The van der Waals surface area contributed by atoms with Gasteiger partial charge in [-0.05, 0) is 18.1 Å². The number of carbonyl (C=O) groups is 2. The average molecular weight is 299 g/mol. The molecule has 1 atom stereocenters. The number of aryl methyl sites for hydroxylation is 2. The first-order valence-corrected chi connectivity index (χ1v) is 7.11. The van der Waals surface area contributed by atoms with E-state index >= 15 is 0 Å². The van der Waals surface area contributed by atoms with Gasteiger partial charge in [0.2, 0.25) is 5.91 Å². The second-order valence-electron chi connectivity index (χ2n) is 5.56. The molecular formula is C16H17N3O3. The third kappa shape index (κ3) is 2.36. The van der Waals surface area contributed by atoms with E-state index in [1.807, 2.05) is 24.3 Å². The first-order valence-electron chi connectivity index (χ1n) is 7.11. The van der Waals surface area contributed by atoms with E-state index in [1.54, 1.807) is 14.0 Å². The molecule has 1 aromatic carbocycles. The highest BCUT2D eigenvalue weighted by Crippen LogP contribution is 2.30. The molecule has 0 bridgehead atoms. The van der Waals surface area contributed by atoms with Crippen LogP contribution in [0.4, 0.5) is 0 Å². The lowest BCUT2D eigenvalue weighted by molar-refractivity contribution is -0.119. The molecule has 2 heterocycles. The van der Waals surface area contributed by atoms with Crippen LogP contribution < -0.4 is 5.32 Å². The van der Waals surface area contributed by atoms with Crippen molar-refractivity contribution in [3.05, 3.63) is 41.2 Å². The van der Waals surface area contributed by atoms with Gasteiger partial charge in [-0.2, -0.15) is 5.10 Å². The lowest BCUT2D eigenvalue weighted by Gasteiger charge is -2.09. The van der Waals surface area contributed by atoms with Crippen LogP contribution in [-0.2, 0) is 11.8 Å². The van der Waals surface area contributed by atoms with Gasteiger partial charge in [-0.3, -0.25) is 9.48 Å². The highest BCUT2D eigenvalue weighted by atomic mass is 16.4. The zero-order chi connectivity index (χ0) is 15.9. The molecule has 114 valence electrons. The maximum atomic E-state index is 11.4. The molecule has 1 fully saturated rings. The molecule has 3 rings (SSSR count). The summed E-state index contributed by atoms with van der Waals surface area (Å²) < 4.78 is 1.39. The fourth-order valence-corrected chi connectivity index (χ4v) is 3.01. The fraction of sp³-hybridized carbons (Fsp3) is 0.312. The fourth-order valence-electron chi connectivity index (χ4n) is 3.01. The van der Waals surface area contributed by atoms with Crippen LogP contribution in [0.2, 0.25) is 0 Å². The van der Waals surface area contributed by atoms with Crippen LogP contribution in [0.3, 0.4) is 0 Å². The molecular weight excluding hydrogens is 282 g/mol. The van der Waals surface area contributed by atoms with Crippen LogP contribution in [0.1, 0.15) is 34.1 Å². The average Bonchev–Trinajstić information content (AvgIpc) is 3.02. The minimum Gasteiger partial charge on any atom is -0.477 e. The van der Waals surface area contributed by atoms with E-state index in [-0.39, 0.29) is 17.5 Å². The first-order chi connectivity index (χ1) is 10.5. The number of aromatic nitrogens is 2. The van der Waals surface area contributed by atoms with E-state index in [9.17, 15) is 14.7 Å². The third-order valence-electron chi connectivity index (χ3n) is 4.07. The Balaban J connectivity index is 1.97. The summed E-state index contributed by atoms with van der Waals surface area (Å²) in [5.74, 6) is -0.728. The van der Waals surface area contributed by atoms with Gasteiger partial charge in [0.05, 0.1) is 5.69 Å². The summed E-state index contributed by atoms with van der Waals surface area (Å²) in [6, 6.07) is 7.71. The van der Waals surface area contributed by atoms with Crippen molar-refractivity contribution in [3.8, 4) is 11.1 Å². The summed E-state index contributed by atoms with van der Waals surface area (Å²) >= 11 is 0. The van der Waals surface area contributed by atoms with E-state index in [0.29, 0.717) is 24.2 Å². The largest absolute Gasteiger partial charge is 0.477 e. The number of amides is 1. The molecule has 2 aromatic rings. The van der Waals surface area contributed by atoms with Crippen molar-refractivity contribution in [1.82, 2.24) is 15.1 Å². The van der Waals surface area contributed by atoms with Gasteiger partial charge in [0, 0.05) is 31.5 Å². The van der Waals surface area contributed by atoms with Gasteiger partial charge in [-0.15, -0.1) is 0 Å². The Morgan fingerprint density at radius 2 is 2.05 bits per heavy atom. The minimum absolute atomic E-state index is 0.0744. The Morgan fingerprint density at radius 1 is 1.36 bits per heavy atom. The van der Waals surface area contributed by atoms with Crippen molar-refractivity contribution in [2.75, 3.05) is 6.54 Å². The quantitative estimate of drug-likeness (QED) is 0.903. The number of carbonyl (C=O) groups excluding carboxylic acids is 1. The summed E-state index contributed by atoms with van der Waals surface area (Å²) in [6.45, 7) is 2.46. The van der Waals surface area contributed by atoms with Crippen LogP contribution in [0.5, 0.6) is 0 Å². The van der Waals surface area contributed by atoms with Crippen molar-refractivity contribution >= 4 is 11.9 Å². The molecule has 2 N–H and O–H groups in total. The summed E-state index contributed by atoms with van der Waals surface area (Å²) in [5.41, 5.74) is 3.42. The van der Waals surface area contributed by atoms with E-state index in [2.05, 4.69) is 10.4 Å². The molecule has 0 radical (unpaired) electrons. The van der Waals surface area contributed by atoms with Crippen molar-refractivity contribution in [2.45, 2.75) is 19.3 Å². The van der Waals surface area contributed by atoms with E-state index in [1.165, 1.54) is 4.68 Å². The summed E-state index contributed by atoms with van der Waals surface area (Å²) in [5, 5.41) is 16.4. The highest BCUT2D eigenvalue weighted by molar-refractivity contribution is 5.95. The number of rotatable bonds is 3. The monoisotopic (exact) mass is 299 g/mol. The maximum absolute atomic E-state index is 11.4. The van der Waals surface area contributed by atoms with Gasteiger partial charge in [0.25, 0.3) is 0 Å². The zero-order valence-corrected chi connectivity index (χ0v) is 12.5. The molecule has 0 saturated carbocycles. The third-order valence-corrected chi connectivity index (χ3v) is 4.07. The van der Waals surface area contributed by atoms with Gasteiger partial charge < -0.3 is 10.4 Å². The molecule has 1 saturated heterocycles. The van der Waals surface area contributed by atoms with Gasteiger partial charge in [0.1, 0.15) is 0 Å². The van der Waals surface area contributed by atoms with Gasteiger partial charge in [-0.1, -0.05) is 24.3 Å². The van der Waals surface area contributed by atoms with Gasteiger partial charge in [0.15, 0.2) is 5.69 Å². The Morgan fingerprint density at radius 3 is 2.59 bits per heavy atom. The standard InChI is InChI=1S/C16H17N3O3/c1-9-14(15(16(21)22)19(2)18-9)11-5-3-10(4-6-11)12-7-13(20)17-8-12/h3-6,12H,7-8H2,1-2H3,(H,17,20)(H,21,22). The molecule has 22 heavy (non-hydrogen) atoms. The Hall–Kier alpha value is -2.63. The van der Waals surface area contributed by atoms with Crippen LogP contribution in [-0.4, -0.2) is 33.3 Å². The summed E-state index contributed by atoms with van der Waals surface area (Å²) in [6.07, 6.45) is 0.506. The second kappa shape index (κ2) is 5.29. The number of nitrogens with zero attached hydrogens (tertiary/aromatic N) is 2. The molecule has 1 aliphatic rings. The lowest BCUT2D eigenvalue weighted by atomic mass is 9.95. The zero-order valence-electron chi connectivity index (χ0n) is 12.5. The Kier molecular flexibility index (Phi) is 3.44. The van der Waals surface area contributed by atoms with Crippen molar-refractivity contribution in [1.29, 1.82) is 0 Å². The van der Waals surface area contributed by atoms with E-state index in [0.717, 1.165) is 11.1 Å². The Bertz CT molecular complexity index is 747.